The molecule has 4 nitrogen and oxygen atoms in total. The van der Waals surface area contributed by atoms with Gasteiger partial charge in [-0.25, -0.2) is 0 Å². The Morgan fingerprint density at radius 1 is 1.33 bits per heavy atom. The van der Waals surface area contributed by atoms with Crippen LogP contribution in [0.15, 0.2) is 18.2 Å². The molecule has 1 fully saturated rings. The lowest BCUT2D eigenvalue weighted by Gasteiger charge is -2.29. The van der Waals surface area contributed by atoms with Gasteiger partial charge < -0.3 is 15.4 Å². The van der Waals surface area contributed by atoms with E-state index < -0.39 is 0 Å². The van der Waals surface area contributed by atoms with E-state index in [9.17, 15) is 4.79 Å². The molecule has 1 saturated heterocycles. The van der Waals surface area contributed by atoms with E-state index >= 15 is 0 Å². The van der Waals surface area contributed by atoms with Crippen LogP contribution in [0.1, 0.15) is 40.7 Å². The Kier molecular flexibility index (Phi) is 4.27. The molecule has 1 atom stereocenters. The third-order valence-corrected chi connectivity index (χ3v) is 4.70. The zero-order valence-electron chi connectivity index (χ0n) is 12.7. The first kappa shape index (κ1) is 14.5. The van der Waals surface area contributed by atoms with Gasteiger partial charge in [0, 0.05) is 19.2 Å². The van der Waals surface area contributed by atoms with Crippen molar-refractivity contribution >= 4 is 5.91 Å². The number of nitrogens with one attached hydrogen (secondary N) is 2. The Hall–Kier alpha value is -1.39. The van der Waals surface area contributed by atoms with Gasteiger partial charge in [0.05, 0.1) is 12.1 Å². The van der Waals surface area contributed by atoms with E-state index in [0.717, 1.165) is 37.8 Å². The Morgan fingerprint density at radius 2 is 2.19 bits per heavy atom. The van der Waals surface area contributed by atoms with Gasteiger partial charge in [-0.15, -0.1) is 0 Å². The summed E-state index contributed by atoms with van der Waals surface area (Å²) in [5, 5.41) is 6.56. The number of ether oxygens (including phenoxy) is 1. The number of methoxy groups -OCH3 is 1. The summed E-state index contributed by atoms with van der Waals surface area (Å²) in [6.45, 7) is 2.26. The molecule has 1 amide bonds. The third kappa shape index (κ3) is 3.11. The van der Waals surface area contributed by atoms with Crippen molar-refractivity contribution in [3.63, 3.8) is 0 Å². The Morgan fingerprint density at radius 3 is 2.95 bits per heavy atom. The van der Waals surface area contributed by atoms with Crippen LogP contribution < -0.4 is 10.6 Å². The van der Waals surface area contributed by atoms with Gasteiger partial charge in [0.15, 0.2) is 0 Å². The molecular weight excluding hydrogens is 264 g/mol. The molecule has 0 spiro atoms. The summed E-state index contributed by atoms with van der Waals surface area (Å²) in [7, 11) is 1.71. The minimum absolute atomic E-state index is 0.0221. The molecule has 1 aliphatic carbocycles. The molecule has 1 aromatic rings. The zero-order chi connectivity index (χ0) is 14.7. The van der Waals surface area contributed by atoms with Gasteiger partial charge in [0.25, 0.3) is 5.91 Å². The number of rotatable bonds is 5. The van der Waals surface area contributed by atoms with Crippen LogP contribution in [0.5, 0.6) is 0 Å². The lowest BCUT2D eigenvalue weighted by molar-refractivity contribution is 0.0892. The van der Waals surface area contributed by atoms with Crippen molar-refractivity contribution < 1.29 is 9.53 Å². The van der Waals surface area contributed by atoms with Crippen molar-refractivity contribution in [2.24, 2.45) is 0 Å². The van der Waals surface area contributed by atoms with Crippen LogP contribution in [0.3, 0.4) is 0 Å². The molecule has 2 aliphatic rings. The van der Waals surface area contributed by atoms with Gasteiger partial charge in [-0.2, -0.15) is 0 Å². The number of hydrogen-bond acceptors (Lipinski definition) is 3. The molecule has 1 heterocycles. The van der Waals surface area contributed by atoms with Gasteiger partial charge in [-0.1, -0.05) is 6.07 Å². The average Bonchev–Trinajstić information content (AvgIpc) is 3.13. The molecule has 1 aliphatic heterocycles. The highest BCUT2D eigenvalue weighted by Crippen LogP contribution is 2.23. The maximum Gasteiger partial charge on any atom is 0.251 e. The third-order valence-electron chi connectivity index (χ3n) is 4.70. The predicted octanol–water partition coefficient (Wildman–Crippen LogP) is 1.67. The molecule has 0 saturated carbocycles. The Bertz CT molecular complexity index is 522. The van der Waals surface area contributed by atoms with E-state index in [0.29, 0.717) is 13.2 Å². The average molecular weight is 288 g/mol. The highest BCUT2D eigenvalue weighted by Gasteiger charge is 2.33. The molecule has 3 rings (SSSR count). The summed E-state index contributed by atoms with van der Waals surface area (Å²) in [5.41, 5.74) is 3.43. The second-order valence-corrected chi connectivity index (χ2v) is 6.26. The molecule has 1 aromatic carbocycles. The molecular formula is C17H24N2O2. The normalized spacial score (nSPS) is 24.0. The van der Waals surface area contributed by atoms with Crippen molar-refractivity contribution in [2.75, 3.05) is 26.8 Å². The van der Waals surface area contributed by atoms with E-state index in [4.69, 9.17) is 4.74 Å². The van der Waals surface area contributed by atoms with Gasteiger partial charge in [-0.3, -0.25) is 4.79 Å². The molecule has 0 radical (unpaired) electrons. The van der Waals surface area contributed by atoms with Gasteiger partial charge >= 0.3 is 0 Å². The fourth-order valence-electron chi connectivity index (χ4n) is 3.53. The number of carbonyl (C=O) groups is 1. The molecule has 114 valence electrons. The summed E-state index contributed by atoms with van der Waals surface area (Å²) in [6, 6.07) is 6.11. The molecule has 4 heteroatoms. The van der Waals surface area contributed by atoms with Crippen LogP contribution in [0.2, 0.25) is 0 Å². The highest BCUT2D eigenvalue weighted by molar-refractivity contribution is 5.94. The van der Waals surface area contributed by atoms with Crippen molar-refractivity contribution in [1.29, 1.82) is 0 Å². The second kappa shape index (κ2) is 6.16. The van der Waals surface area contributed by atoms with Crippen molar-refractivity contribution in [2.45, 2.75) is 37.6 Å². The molecule has 2 N–H and O–H groups in total. The predicted molar refractivity (Wildman–Crippen MR) is 82.6 cm³/mol. The van der Waals surface area contributed by atoms with Crippen LogP contribution in [-0.4, -0.2) is 38.3 Å². The molecule has 1 unspecified atom stereocenters. The van der Waals surface area contributed by atoms with E-state index in [2.05, 4.69) is 22.8 Å². The van der Waals surface area contributed by atoms with Gasteiger partial charge in [0.2, 0.25) is 0 Å². The standard InChI is InChI=1S/C17H24N2O2/c1-21-12-17(8-3-9-19-17)11-18-16(20)15-7-6-13-4-2-5-14(13)10-15/h6-7,10,19H,2-5,8-9,11-12H2,1H3,(H,18,20). The maximum atomic E-state index is 12.4. The van der Waals surface area contributed by atoms with Gasteiger partial charge in [0.1, 0.15) is 0 Å². The van der Waals surface area contributed by atoms with Crippen molar-refractivity contribution in [3.05, 3.63) is 34.9 Å². The maximum absolute atomic E-state index is 12.4. The summed E-state index contributed by atoms with van der Waals surface area (Å²) in [4.78, 5) is 12.4. The Labute approximate surface area is 126 Å². The first-order valence-electron chi connectivity index (χ1n) is 7.86. The fourth-order valence-corrected chi connectivity index (χ4v) is 3.53. The molecule has 21 heavy (non-hydrogen) atoms. The minimum atomic E-state index is -0.0961. The highest BCUT2D eigenvalue weighted by atomic mass is 16.5. The number of aryl methyl sites for hydroxylation is 2. The summed E-state index contributed by atoms with van der Waals surface area (Å²) in [5.74, 6) is 0.0221. The fraction of sp³-hybridized carbons (Fsp3) is 0.588. The smallest absolute Gasteiger partial charge is 0.251 e. The van der Waals surface area contributed by atoms with Crippen LogP contribution in [-0.2, 0) is 17.6 Å². The topological polar surface area (TPSA) is 50.4 Å². The summed E-state index contributed by atoms with van der Waals surface area (Å²) in [6.07, 6.45) is 5.65. The number of carbonyl (C=O) groups excluding carboxylic acids is 1. The lowest BCUT2D eigenvalue weighted by Crippen LogP contribution is -2.53. The van der Waals surface area contributed by atoms with E-state index in [1.165, 1.54) is 17.5 Å². The van der Waals surface area contributed by atoms with E-state index in [-0.39, 0.29) is 11.4 Å². The summed E-state index contributed by atoms with van der Waals surface area (Å²) < 4.78 is 5.31. The van der Waals surface area contributed by atoms with Crippen molar-refractivity contribution in [1.82, 2.24) is 10.6 Å². The Balaban J connectivity index is 1.63. The van der Waals surface area contributed by atoms with E-state index in [1.54, 1.807) is 7.11 Å². The number of fused-ring (bicyclic) bond motifs is 1. The minimum Gasteiger partial charge on any atom is -0.383 e. The lowest BCUT2D eigenvalue weighted by atomic mass is 9.98. The monoisotopic (exact) mass is 288 g/mol. The SMILES string of the molecule is COCC1(CNC(=O)c2ccc3c(c2)CCC3)CCCN1. The molecule has 0 bridgehead atoms. The number of amides is 1. The number of hydrogen-bond donors (Lipinski definition) is 2. The van der Waals surface area contributed by atoms with E-state index in [1.807, 2.05) is 6.07 Å². The van der Waals surface area contributed by atoms with Gasteiger partial charge in [-0.05, 0) is 61.9 Å². The first-order chi connectivity index (χ1) is 10.2. The van der Waals surface area contributed by atoms with Crippen LogP contribution >= 0.6 is 0 Å². The zero-order valence-corrected chi connectivity index (χ0v) is 12.7. The molecule has 0 aromatic heterocycles. The second-order valence-electron chi connectivity index (χ2n) is 6.26. The van der Waals surface area contributed by atoms with Crippen molar-refractivity contribution in [3.8, 4) is 0 Å². The quantitative estimate of drug-likeness (QED) is 0.866. The number of benzene rings is 1. The van der Waals surface area contributed by atoms with Crippen LogP contribution in [0.25, 0.3) is 0 Å². The summed E-state index contributed by atoms with van der Waals surface area (Å²) >= 11 is 0. The largest absolute Gasteiger partial charge is 0.383 e. The van der Waals surface area contributed by atoms with Crippen LogP contribution in [0.4, 0.5) is 0 Å². The first-order valence-corrected chi connectivity index (χ1v) is 7.86. The van der Waals surface area contributed by atoms with Crippen LogP contribution in [0, 0.1) is 0 Å².